The summed E-state index contributed by atoms with van der Waals surface area (Å²) >= 11 is 6.49. The van der Waals surface area contributed by atoms with E-state index in [1.165, 1.54) is 6.20 Å². The third kappa shape index (κ3) is 5.22. The van der Waals surface area contributed by atoms with E-state index in [4.69, 9.17) is 21.1 Å². The van der Waals surface area contributed by atoms with Gasteiger partial charge < -0.3 is 18.9 Å². The van der Waals surface area contributed by atoms with Crippen molar-refractivity contribution in [3.63, 3.8) is 0 Å². The van der Waals surface area contributed by atoms with Crippen molar-refractivity contribution in [3.8, 4) is 0 Å². The van der Waals surface area contributed by atoms with Gasteiger partial charge in [0, 0.05) is 25.8 Å². The van der Waals surface area contributed by atoms with Crippen LogP contribution in [0.3, 0.4) is 0 Å². The Bertz CT molecular complexity index is 914. The Morgan fingerprint density at radius 3 is 2.57 bits per heavy atom. The minimum absolute atomic E-state index is 0.245. The number of pyridine rings is 1. The molecule has 164 valence electrons. The van der Waals surface area contributed by atoms with Crippen LogP contribution in [0.4, 0.5) is 4.79 Å². The summed E-state index contributed by atoms with van der Waals surface area (Å²) in [7, 11) is 0. The second kappa shape index (κ2) is 9.20. The average Bonchev–Trinajstić information content (AvgIpc) is 3.10. The van der Waals surface area contributed by atoms with Gasteiger partial charge >= 0.3 is 12.1 Å². The van der Waals surface area contributed by atoms with Crippen LogP contribution in [0.1, 0.15) is 57.3 Å². The van der Waals surface area contributed by atoms with E-state index in [1.54, 1.807) is 18.2 Å². The van der Waals surface area contributed by atoms with E-state index in [0.717, 1.165) is 19.3 Å². The van der Waals surface area contributed by atoms with Gasteiger partial charge in [0.1, 0.15) is 11.1 Å². The third-order valence-corrected chi connectivity index (χ3v) is 5.50. The summed E-state index contributed by atoms with van der Waals surface area (Å²) in [6.45, 7) is 9.74. The van der Waals surface area contributed by atoms with E-state index in [9.17, 15) is 9.59 Å². The molecule has 0 N–H and O–H groups in total. The Kier molecular flexibility index (Phi) is 6.85. The molecule has 0 saturated carbocycles. The van der Waals surface area contributed by atoms with E-state index in [0.29, 0.717) is 41.7 Å². The Morgan fingerprint density at radius 2 is 1.93 bits per heavy atom. The topological polar surface area (TPSA) is 86.5 Å². The lowest BCUT2D eigenvalue weighted by molar-refractivity contribution is 0.0179. The van der Waals surface area contributed by atoms with E-state index in [1.807, 2.05) is 25.3 Å². The smallest absolute Gasteiger partial charge is 0.410 e. The number of nitrogens with zero attached hydrogens (tertiary/aromatic N) is 4. The zero-order chi connectivity index (χ0) is 21.9. The highest BCUT2D eigenvalue weighted by Crippen LogP contribution is 2.28. The first-order chi connectivity index (χ1) is 14.2. The summed E-state index contributed by atoms with van der Waals surface area (Å²) in [5, 5.41) is 0.315. The first-order valence-electron chi connectivity index (χ1n) is 10.3. The molecule has 9 heteroatoms. The molecule has 1 aliphatic rings. The molecular weight excluding hydrogens is 408 g/mol. The third-order valence-electron chi connectivity index (χ3n) is 5.12. The highest BCUT2D eigenvalue weighted by atomic mass is 35.5. The quantitative estimate of drug-likeness (QED) is 0.649. The normalized spacial score (nSPS) is 15.4. The second-order valence-corrected chi connectivity index (χ2v) is 8.89. The number of ether oxygens (including phenoxy) is 2. The highest BCUT2D eigenvalue weighted by Gasteiger charge is 2.27. The SMILES string of the molecule is CCOC(=O)c1cnc2ncn(CCC3CCN(C(=O)OC(C)(C)C)CC3)c2c1Cl. The van der Waals surface area contributed by atoms with Gasteiger partial charge in [-0.05, 0) is 52.9 Å². The van der Waals surface area contributed by atoms with Crippen LogP contribution >= 0.6 is 11.6 Å². The molecule has 1 saturated heterocycles. The lowest BCUT2D eigenvalue weighted by Crippen LogP contribution is -2.41. The number of aryl methyl sites for hydroxylation is 1. The van der Waals surface area contributed by atoms with Crippen LogP contribution in [-0.2, 0) is 16.0 Å². The zero-order valence-electron chi connectivity index (χ0n) is 18.0. The van der Waals surface area contributed by atoms with E-state index >= 15 is 0 Å². The van der Waals surface area contributed by atoms with Crippen molar-refractivity contribution in [2.75, 3.05) is 19.7 Å². The maximum atomic E-state index is 12.2. The number of piperidine rings is 1. The van der Waals surface area contributed by atoms with Gasteiger partial charge in [0.05, 0.1) is 23.5 Å². The summed E-state index contributed by atoms with van der Waals surface area (Å²) in [6.07, 6.45) is 5.64. The molecule has 2 aromatic rings. The number of fused-ring (bicyclic) bond motifs is 1. The second-order valence-electron chi connectivity index (χ2n) is 8.52. The Balaban J connectivity index is 1.61. The summed E-state index contributed by atoms with van der Waals surface area (Å²) in [5.74, 6) is 0.000255. The van der Waals surface area contributed by atoms with Gasteiger partial charge in [-0.2, -0.15) is 0 Å². The van der Waals surface area contributed by atoms with Gasteiger partial charge in [-0.15, -0.1) is 0 Å². The fourth-order valence-corrected chi connectivity index (χ4v) is 3.89. The van der Waals surface area contributed by atoms with E-state index in [2.05, 4.69) is 9.97 Å². The molecule has 3 rings (SSSR count). The number of carbonyl (C=O) groups is 2. The fraction of sp³-hybridized carbons (Fsp3) is 0.619. The number of esters is 1. The number of likely N-dealkylation sites (tertiary alicyclic amines) is 1. The minimum Gasteiger partial charge on any atom is -0.462 e. The fourth-order valence-electron chi connectivity index (χ4n) is 3.57. The van der Waals surface area contributed by atoms with Crippen molar-refractivity contribution in [1.82, 2.24) is 19.4 Å². The molecular formula is C21H29ClN4O4. The summed E-state index contributed by atoms with van der Waals surface area (Å²) in [6, 6.07) is 0. The number of rotatable bonds is 5. The van der Waals surface area contributed by atoms with Crippen LogP contribution in [0.15, 0.2) is 12.5 Å². The largest absolute Gasteiger partial charge is 0.462 e. The van der Waals surface area contributed by atoms with Gasteiger partial charge in [-0.1, -0.05) is 11.6 Å². The number of carbonyl (C=O) groups excluding carboxylic acids is 2. The molecule has 30 heavy (non-hydrogen) atoms. The predicted molar refractivity (Wildman–Crippen MR) is 114 cm³/mol. The summed E-state index contributed by atoms with van der Waals surface area (Å²) < 4.78 is 12.4. The summed E-state index contributed by atoms with van der Waals surface area (Å²) in [5.41, 5.74) is 0.922. The molecule has 1 amide bonds. The zero-order valence-corrected chi connectivity index (χ0v) is 18.7. The predicted octanol–water partition coefficient (Wildman–Crippen LogP) is 4.30. The van der Waals surface area contributed by atoms with Crippen LogP contribution in [0.5, 0.6) is 0 Å². The van der Waals surface area contributed by atoms with Crippen molar-refractivity contribution in [1.29, 1.82) is 0 Å². The van der Waals surface area contributed by atoms with Crippen LogP contribution < -0.4 is 0 Å². The number of hydrogen-bond acceptors (Lipinski definition) is 6. The van der Waals surface area contributed by atoms with Crippen LogP contribution in [-0.4, -0.2) is 56.8 Å². The molecule has 0 atom stereocenters. The number of halogens is 1. The maximum Gasteiger partial charge on any atom is 0.410 e. The monoisotopic (exact) mass is 436 g/mol. The van der Waals surface area contributed by atoms with Crippen molar-refractivity contribution < 1.29 is 19.1 Å². The van der Waals surface area contributed by atoms with Crippen LogP contribution in [0.25, 0.3) is 11.2 Å². The molecule has 1 fully saturated rings. The van der Waals surface area contributed by atoms with Gasteiger partial charge in [0.15, 0.2) is 5.65 Å². The summed E-state index contributed by atoms with van der Waals surface area (Å²) in [4.78, 5) is 34.6. The number of aromatic nitrogens is 3. The molecule has 8 nitrogen and oxygen atoms in total. The molecule has 0 spiro atoms. The lowest BCUT2D eigenvalue weighted by atomic mass is 9.94. The van der Waals surface area contributed by atoms with Crippen molar-refractivity contribution in [3.05, 3.63) is 23.1 Å². The van der Waals surface area contributed by atoms with Gasteiger partial charge in [0.2, 0.25) is 0 Å². The van der Waals surface area contributed by atoms with Crippen molar-refractivity contribution in [2.24, 2.45) is 5.92 Å². The van der Waals surface area contributed by atoms with Gasteiger partial charge in [0.25, 0.3) is 0 Å². The number of hydrogen-bond donors (Lipinski definition) is 0. The molecule has 0 aromatic carbocycles. The molecule has 0 radical (unpaired) electrons. The molecule has 0 aliphatic carbocycles. The van der Waals surface area contributed by atoms with E-state index in [-0.39, 0.29) is 18.3 Å². The number of imidazole rings is 1. The first-order valence-corrected chi connectivity index (χ1v) is 10.7. The highest BCUT2D eigenvalue weighted by molar-refractivity contribution is 6.37. The lowest BCUT2D eigenvalue weighted by Gasteiger charge is -2.33. The Morgan fingerprint density at radius 1 is 1.23 bits per heavy atom. The van der Waals surface area contributed by atoms with Crippen molar-refractivity contribution >= 4 is 34.8 Å². The molecule has 1 aliphatic heterocycles. The Labute approximate surface area is 181 Å². The minimum atomic E-state index is -0.487. The molecule has 2 aromatic heterocycles. The van der Waals surface area contributed by atoms with Gasteiger partial charge in [-0.3, -0.25) is 0 Å². The standard InChI is InChI=1S/C21H29ClN4O4/c1-5-29-19(27)15-12-23-18-17(16(15)22)26(13-24-18)11-8-14-6-9-25(10-7-14)20(28)30-21(2,3)4/h12-14H,5-11H2,1-4H3. The van der Waals surface area contributed by atoms with Crippen LogP contribution in [0, 0.1) is 5.92 Å². The maximum absolute atomic E-state index is 12.2. The van der Waals surface area contributed by atoms with Gasteiger partial charge in [-0.25, -0.2) is 19.6 Å². The molecule has 0 unspecified atom stereocenters. The van der Waals surface area contributed by atoms with Crippen LogP contribution in [0.2, 0.25) is 5.02 Å². The first kappa shape index (κ1) is 22.3. The number of amides is 1. The Hall–Kier alpha value is -2.35. The molecule has 0 bridgehead atoms. The van der Waals surface area contributed by atoms with Crippen molar-refractivity contribution in [2.45, 2.75) is 59.1 Å². The van der Waals surface area contributed by atoms with E-state index < -0.39 is 11.6 Å². The molecule has 3 heterocycles. The average molecular weight is 437 g/mol.